The van der Waals surface area contributed by atoms with E-state index in [1.54, 1.807) is 0 Å². The summed E-state index contributed by atoms with van der Waals surface area (Å²) >= 11 is 0. The van der Waals surface area contributed by atoms with Gasteiger partial charge in [0.15, 0.2) is 0 Å². The molecule has 0 saturated carbocycles. The molecule has 3 N–H and O–H groups in total. The smallest absolute Gasteiger partial charge is 0.237 e. The van der Waals surface area contributed by atoms with Gasteiger partial charge in [-0.3, -0.25) is 9.59 Å². The zero-order valence-electron chi connectivity index (χ0n) is 12.5. The summed E-state index contributed by atoms with van der Waals surface area (Å²) in [5.41, 5.74) is -0.0104. The molecule has 19 heavy (non-hydrogen) atoms. The predicted octanol–water partition coefficient (Wildman–Crippen LogP) is 0.653. The van der Waals surface area contributed by atoms with Crippen molar-refractivity contribution in [3.05, 3.63) is 0 Å². The summed E-state index contributed by atoms with van der Waals surface area (Å²) in [7, 11) is 0. The highest BCUT2D eigenvalue weighted by atomic mass is 16.2. The van der Waals surface area contributed by atoms with Crippen LogP contribution in [0.25, 0.3) is 0 Å². The van der Waals surface area contributed by atoms with Crippen LogP contribution >= 0.6 is 0 Å². The van der Waals surface area contributed by atoms with E-state index in [4.69, 9.17) is 0 Å². The van der Waals surface area contributed by atoms with Crippen molar-refractivity contribution in [2.45, 2.75) is 46.6 Å². The normalized spacial score (nSPS) is 22.1. The molecule has 1 aliphatic heterocycles. The van der Waals surface area contributed by atoms with Crippen molar-refractivity contribution >= 4 is 11.8 Å². The standard InChI is InChI=1S/C14H27N3O2/c1-10(2)12(18)16-8-9-17-13(19)11-14(3,4)6-5-7-15-11/h10-11,15H,5-9H2,1-4H3,(H,16,18)(H,17,19). The number of nitrogens with one attached hydrogen (secondary N) is 3. The lowest BCUT2D eigenvalue weighted by atomic mass is 9.77. The zero-order chi connectivity index (χ0) is 14.5. The van der Waals surface area contributed by atoms with Gasteiger partial charge in [-0.2, -0.15) is 0 Å². The van der Waals surface area contributed by atoms with E-state index in [1.807, 2.05) is 13.8 Å². The number of carbonyl (C=O) groups is 2. The van der Waals surface area contributed by atoms with Crippen LogP contribution in [0.2, 0.25) is 0 Å². The maximum Gasteiger partial charge on any atom is 0.237 e. The van der Waals surface area contributed by atoms with E-state index >= 15 is 0 Å². The van der Waals surface area contributed by atoms with E-state index in [9.17, 15) is 9.59 Å². The van der Waals surface area contributed by atoms with Crippen molar-refractivity contribution in [3.63, 3.8) is 0 Å². The van der Waals surface area contributed by atoms with Crippen molar-refractivity contribution < 1.29 is 9.59 Å². The topological polar surface area (TPSA) is 70.2 Å². The van der Waals surface area contributed by atoms with Crippen LogP contribution in [0.15, 0.2) is 0 Å². The van der Waals surface area contributed by atoms with E-state index in [2.05, 4.69) is 29.8 Å². The number of piperidine rings is 1. The summed E-state index contributed by atoms with van der Waals surface area (Å²) in [4.78, 5) is 23.5. The molecule has 0 aromatic carbocycles. The van der Waals surface area contributed by atoms with Crippen LogP contribution in [-0.2, 0) is 9.59 Å². The number of hydrogen-bond acceptors (Lipinski definition) is 3. The van der Waals surface area contributed by atoms with Gasteiger partial charge >= 0.3 is 0 Å². The Balaban J connectivity index is 2.29. The molecule has 0 radical (unpaired) electrons. The number of hydrogen-bond donors (Lipinski definition) is 3. The van der Waals surface area contributed by atoms with Crippen LogP contribution in [-0.4, -0.2) is 37.5 Å². The fourth-order valence-electron chi connectivity index (χ4n) is 2.34. The lowest BCUT2D eigenvalue weighted by Crippen LogP contribution is -2.56. The molecule has 5 nitrogen and oxygen atoms in total. The Morgan fingerprint density at radius 2 is 1.89 bits per heavy atom. The minimum atomic E-state index is -0.137. The molecule has 1 unspecified atom stereocenters. The maximum atomic E-state index is 12.1. The first-order valence-electron chi connectivity index (χ1n) is 7.13. The molecule has 0 spiro atoms. The molecule has 1 atom stereocenters. The van der Waals surface area contributed by atoms with Gasteiger partial charge in [-0.1, -0.05) is 27.7 Å². The minimum Gasteiger partial charge on any atom is -0.354 e. The lowest BCUT2D eigenvalue weighted by molar-refractivity contribution is -0.127. The summed E-state index contributed by atoms with van der Waals surface area (Å²) in [6, 6.07) is -0.137. The molecular weight excluding hydrogens is 242 g/mol. The van der Waals surface area contributed by atoms with Gasteiger partial charge in [0.1, 0.15) is 0 Å². The number of carbonyl (C=O) groups excluding carboxylic acids is 2. The lowest BCUT2D eigenvalue weighted by Gasteiger charge is -2.38. The first-order valence-corrected chi connectivity index (χ1v) is 7.13. The molecule has 0 aromatic heterocycles. The van der Waals surface area contributed by atoms with Gasteiger partial charge in [0.05, 0.1) is 6.04 Å². The van der Waals surface area contributed by atoms with Crippen LogP contribution in [0, 0.1) is 11.3 Å². The quantitative estimate of drug-likeness (QED) is 0.642. The van der Waals surface area contributed by atoms with E-state index in [-0.39, 0.29) is 29.2 Å². The number of rotatable bonds is 5. The van der Waals surface area contributed by atoms with Crippen LogP contribution in [0.1, 0.15) is 40.5 Å². The van der Waals surface area contributed by atoms with Crippen LogP contribution < -0.4 is 16.0 Å². The van der Waals surface area contributed by atoms with Crippen molar-refractivity contribution in [1.29, 1.82) is 0 Å². The Kier molecular flexibility index (Phi) is 5.79. The van der Waals surface area contributed by atoms with Gasteiger partial charge in [-0.05, 0) is 24.8 Å². The molecule has 0 aliphatic carbocycles. The third-order valence-corrected chi connectivity index (χ3v) is 3.64. The molecule has 1 heterocycles. The third kappa shape index (κ3) is 4.82. The van der Waals surface area contributed by atoms with Gasteiger partial charge < -0.3 is 16.0 Å². The molecule has 110 valence electrons. The highest BCUT2D eigenvalue weighted by Gasteiger charge is 2.36. The van der Waals surface area contributed by atoms with E-state index in [1.165, 1.54) is 0 Å². The van der Waals surface area contributed by atoms with E-state index < -0.39 is 0 Å². The maximum absolute atomic E-state index is 12.1. The van der Waals surface area contributed by atoms with Gasteiger partial charge in [0.25, 0.3) is 0 Å². The molecule has 0 aromatic rings. The predicted molar refractivity (Wildman–Crippen MR) is 75.7 cm³/mol. The Hall–Kier alpha value is -1.10. The molecule has 1 saturated heterocycles. The molecule has 2 amide bonds. The van der Waals surface area contributed by atoms with Gasteiger partial charge in [0, 0.05) is 19.0 Å². The second-order valence-corrected chi connectivity index (χ2v) is 6.22. The summed E-state index contributed by atoms with van der Waals surface area (Å²) < 4.78 is 0. The summed E-state index contributed by atoms with van der Waals surface area (Å²) in [6.45, 7) is 9.78. The van der Waals surface area contributed by atoms with Crippen molar-refractivity contribution in [1.82, 2.24) is 16.0 Å². The minimum absolute atomic E-state index is 0.0104. The largest absolute Gasteiger partial charge is 0.354 e. The Bertz CT molecular complexity index is 327. The van der Waals surface area contributed by atoms with E-state index in [0.29, 0.717) is 13.1 Å². The third-order valence-electron chi connectivity index (χ3n) is 3.64. The molecular formula is C14H27N3O2. The highest BCUT2D eigenvalue weighted by molar-refractivity contribution is 5.83. The van der Waals surface area contributed by atoms with Crippen molar-refractivity contribution in [3.8, 4) is 0 Å². The summed E-state index contributed by atoms with van der Waals surface area (Å²) in [5, 5.41) is 8.95. The second kappa shape index (κ2) is 6.89. The fraction of sp³-hybridized carbons (Fsp3) is 0.857. The molecule has 1 rings (SSSR count). The van der Waals surface area contributed by atoms with Crippen molar-refractivity contribution in [2.24, 2.45) is 11.3 Å². The number of amides is 2. The molecule has 1 aliphatic rings. The van der Waals surface area contributed by atoms with Crippen molar-refractivity contribution in [2.75, 3.05) is 19.6 Å². The molecule has 1 fully saturated rings. The van der Waals surface area contributed by atoms with Crippen LogP contribution in [0.4, 0.5) is 0 Å². The highest BCUT2D eigenvalue weighted by Crippen LogP contribution is 2.29. The fourth-order valence-corrected chi connectivity index (χ4v) is 2.34. The molecule has 0 bridgehead atoms. The summed E-state index contributed by atoms with van der Waals surface area (Å²) in [5.74, 6) is 0.0310. The monoisotopic (exact) mass is 269 g/mol. The Morgan fingerprint density at radius 1 is 1.26 bits per heavy atom. The Labute approximate surface area is 115 Å². The zero-order valence-corrected chi connectivity index (χ0v) is 12.5. The van der Waals surface area contributed by atoms with Crippen LogP contribution in [0.5, 0.6) is 0 Å². The average Bonchev–Trinajstić information content (AvgIpc) is 2.33. The Morgan fingerprint density at radius 3 is 2.47 bits per heavy atom. The first kappa shape index (κ1) is 16.0. The molecule has 5 heteroatoms. The summed E-state index contributed by atoms with van der Waals surface area (Å²) in [6.07, 6.45) is 2.17. The van der Waals surface area contributed by atoms with Crippen LogP contribution in [0.3, 0.4) is 0 Å². The van der Waals surface area contributed by atoms with Gasteiger partial charge in [-0.15, -0.1) is 0 Å². The van der Waals surface area contributed by atoms with E-state index in [0.717, 1.165) is 19.4 Å². The average molecular weight is 269 g/mol. The van der Waals surface area contributed by atoms with Gasteiger partial charge in [0.2, 0.25) is 11.8 Å². The SMILES string of the molecule is CC(C)C(=O)NCCNC(=O)C1NCCCC1(C)C. The van der Waals surface area contributed by atoms with Gasteiger partial charge in [-0.25, -0.2) is 0 Å². The second-order valence-electron chi connectivity index (χ2n) is 6.22. The first-order chi connectivity index (χ1) is 8.84.